The summed E-state index contributed by atoms with van der Waals surface area (Å²) in [6.07, 6.45) is 2.87. The third kappa shape index (κ3) is 4.55. The van der Waals surface area contributed by atoms with E-state index >= 15 is 13.2 Å². The molecule has 2 aliphatic rings. The minimum absolute atomic E-state index is 0.101. The molecule has 0 radical (unpaired) electrons. The van der Waals surface area contributed by atoms with Gasteiger partial charge in [0.25, 0.3) is 5.56 Å². The lowest BCUT2D eigenvalue weighted by molar-refractivity contribution is -0.127. The van der Waals surface area contributed by atoms with Crippen LogP contribution in [0.4, 0.5) is 24.5 Å². The zero-order chi connectivity index (χ0) is 32.5. The molecular weight excluding hydrogens is 583 g/mol. The van der Waals surface area contributed by atoms with E-state index < -0.39 is 39.9 Å². The number of anilines is 2. The Bertz CT molecular complexity index is 1940. The van der Waals surface area contributed by atoms with Crippen molar-refractivity contribution >= 4 is 28.2 Å². The van der Waals surface area contributed by atoms with Gasteiger partial charge in [-0.15, -0.1) is 0 Å². The molecule has 234 valence electrons. The normalized spacial score (nSPS) is 17.9. The molecule has 1 amide bonds. The van der Waals surface area contributed by atoms with E-state index in [1.807, 2.05) is 25.7 Å². The van der Waals surface area contributed by atoms with Crippen LogP contribution in [0.15, 0.2) is 54.0 Å². The zero-order valence-corrected chi connectivity index (χ0v) is 25.7. The van der Waals surface area contributed by atoms with Crippen LogP contribution < -0.4 is 15.4 Å². The SMILES string of the molecule is C=CC(=O)N1CC(C)N2c3c(c(=O)n(-c4c(C)ccnc4C(C)C)c4c(F)c(-c5c(O)cccc5F)c(F)cc34)N(C)CC2C1. The van der Waals surface area contributed by atoms with E-state index in [-0.39, 0.29) is 40.5 Å². The monoisotopic (exact) mass is 617 g/mol. The van der Waals surface area contributed by atoms with Crippen molar-refractivity contribution in [3.05, 3.63) is 88.2 Å². The van der Waals surface area contributed by atoms with E-state index in [1.54, 1.807) is 36.0 Å². The van der Waals surface area contributed by atoms with E-state index in [0.29, 0.717) is 42.3 Å². The van der Waals surface area contributed by atoms with Crippen LogP contribution in [0.25, 0.3) is 27.7 Å². The molecule has 1 fully saturated rings. The van der Waals surface area contributed by atoms with Crippen molar-refractivity contribution in [3.8, 4) is 22.6 Å². The number of nitrogens with zero attached hydrogens (tertiary/aromatic N) is 5. The number of fused-ring (bicyclic) bond motifs is 5. The Morgan fingerprint density at radius 2 is 1.80 bits per heavy atom. The van der Waals surface area contributed by atoms with Crippen molar-refractivity contribution in [1.82, 2.24) is 14.5 Å². The van der Waals surface area contributed by atoms with Crippen molar-refractivity contribution in [1.29, 1.82) is 0 Å². The number of rotatable bonds is 4. The highest BCUT2D eigenvalue weighted by Gasteiger charge is 2.42. The van der Waals surface area contributed by atoms with E-state index in [9.17, 15) is 14.7 Å². The van der Waals surface area contributed by atoms with Gasteiger partial charge in [0.2, 0.25) is 5.91 Å². The lowest BCUT2D eigenvalue weighted by Gasteiger charge is -2.52. The number of phenols is 1. The number of benzene rings is 2. The van der Waals surface area contributed by atoms with Crippen molar-refractivity contribution in [2.45, 2.75) is 45.7 Å². The minimum atomic E-state index is -1.19. The number of aromatic nitrogens is 2. The predicted octanol–water partition coefficient (Wildman–Crippen LogP) is 5.65. The first-order valence-corrected chi connectivity index (χ1v) is 14.8. The Morgan fingerprint density at radius 1 is 1.07 bits per heavy atom. The molecule has 0 spiro atoms. The van der Waals surface area contributed by atoms with Crippen LogP contribution >= 0.6 is 0 Å². The maximum absolute atomic E-state index is 17.2. The van der Waals surface area contributed by atoms with Gasteiger partial charge in [-0.1, -0.05) is 26.5 Å². The predicted molar refractivity (Wildman–Crippen MR) is 169 cm³/mol. The summed E-state index contributed by atoms with van der Waals surface area (Å²) in [5.41, 5.74) is -0.151. The molecule has 0 aliphatic carbocycles. The molecule has 2 aromatic heterocycles. The van der Waals surface area contributed by atoms with Crippen LogP contribution in [-0.2, 0) is 4.79 Å². The number of hydrogen-bond acceptors (Lipinski definition) is 6. The lowest BCUT2D eigenvalue weighted by atomic mass is 9.94. The average Bonchev–Trinajstić information content (AvgIpc) is 2.98. The fraction of sp³-hybridized carbons (Fsp3) is 0.324. The number of pyridine rings is 2. The number of aryl methyl sites for hydroxylation is 1. The third-order valence-corrected chi connectivity index (χ3v) is 8.86. The minimum Gasteiger partial charge on any atom is -0.507 e. The first-order chi connectivity index (χ1) is 21.4. The number of amides is 1. The van der Waals surface area contributed by atoms with E-state index in [0.717, 1.165) is 18.2 Å². The van der Waals surface area contributed by atoms with Crippen LogP contribution in [-0.4, -0.2) is 64.2 Å². The second kappa shape index (κ2) is 11.0. The van der Waals surface area contributed by atoms with Crippen LogP contribution in [0.3, 0.4) is 0 Å². The number of phenolic OH excluding ortho intramolecular Hbond substituents is 1. The maximum Gasteiger partial charge on any atom is 0.281 e. The van der Waals surface area contributed by atoms with Crippen molar-refractivity contribution in [2.24, 2.45) is 0 Å². The maximum atomic E-state index is 17.2. The second-order valence-electron chi connectivity index (χ2n) is 12.2. The quantitative estimate of drug-likeness (QED) is 0.298. The first kappa shape index (κ1) is 30.2. The highest BCUT2D eigenvalue weighted by Crippen LogP contribution is 2.46. The number of aromatic hydroxyl groups is 1. The van der Waals surface area contributed by atoms with E-state index in [1.165, 1.54) is 16.7 Å². The second-order valence-corrected chi connectivity index (χ2v) is 12.2. The number of carbonyl (C=O) groups is 1. The van der Waals surface area contributed by atoms with Gasteiger partial charge in [0.1, 0.15) is 23.1 Å². The summed E-state index contributed by atoms with van der Waals surface area (Å²) in [4.78, 5) is 37.3. The number of carbonyl (C=O) groups excluding carboxylic acids is 1. The van der Waals surface area contributed by atoms with Gasteiger partial charge < -0.3 is 19.8 Å². The molecule has 1 N–H and O–H groups in total. The fourth-order valence-corrected chi connectivity index (χ4v) is 6.99. The molecule has 4 aromatic rings. The lowest BCUT2D eigenvalue weighted by Crippen LogP contribution is -2.64. The summed E-state index contributed by atoms with van der Waals surface area (Å²) in [5, 5.41) is 10.7. The summed E-state index contributed by atoms with van der Waals surface area (Å²) in [5.74, 6) is -4.35. The van der Waals surface area contributed by atoms with E-state index in [4.69, 9.17) is 0 Å². The number of piperazine rings is 1. The molecule has 6 rings (SSSR count). The number of halogens is 3. The Labute approximate surface area is 258 Å². The molecule has 2 unspecified atom stereocenters. The Morgan fingerprint density at radius 3 is 2.47 bits per heavy atom. The molecule has 8 nitrogen and oxygen atoms in total. The third-order valence-electron chi connectivity index (χ3n) is 8.86. The smallest absolute Gasteiger partial charge is 0.281 e. The molecular formula is C34H34F3N5O3. The van der Waals surface area contributed by atoms with Gasteiger partial charge in [0, 0.05) is 44.3 Å². The molecule has 0 bridgehead atoms. The van der Waals surface area contributed by atoms with Gasteiger partial charge in [-0.2, -0.15) is 0 Å². The molecule has 2 aliphatic heterocycles. The topological polar surface area (TPSA) is 81.9 Å². The largest absolute Gasteiger partial charge is 0.507 e. The van der Waals surface area contributed by atoms with Crippen molar-refractivity contribution < 1.29 is 23.1 Å². The van der Waals surface area contributed by atoms with Crippen LogP contribution in [0, 0.1) is 24.4 Å². The Balaban J connectivity index is 1.79. The van der Waals surface area contributed by atoms with Gasteiger partial charge in [-0.3, -0.25) is 19.1 Å². The Kier molecular flexibility index (Phi) is 7.37. The summed E-state index contributed by atoms with van der Waals surface area (Å²) in [7, 11) is 1.74. The van der Waals surface area contributed by atoms with Crippen LogP contribution in [0.1, 0.15) is 37.9 Å². The summed E-state index contributed by atoms with van der Waals surface area (Å²) in [6.45, 7) is 12.1. The van der Waals surface area contributed by atoms with Gasteiger partial charge in [-0.25, -0.2) is 13.2 Å². The summed E-state index contributed by atoms with van der Waals surface area (Å²) in [6, 6.07) is 5.58. The zero-order valence-electron chi connectivity index (χ0n) is 25.7. The molecule has 4 heterocycles. The number of hydrogen-bond donors (Lipinski definition) is 1. The number of likely N-dealkylation sites (N-methyl/N-ethyl adjacent to an activating group) is 1. The average molecular weight is 618 g/mol. The molecule has 0 saturated carbocycles. The highest BCUT2D eigenvalue weighted by molar-refractivity contribution is 6.03. The fourth-order valence-electron chi connectivity index (χ4n) is 6.99. The molecule has 1 saturated heterocycles. The Hall–Kier alpha value is -4.80. The van der Waals surface area contributed by atoms with Gasteiger partial charge >= 0.3 is 0 Å². The van der Waals surface area contributed by atoms with Gasteiger partial charge in [0.05, 0.1) is 39.8 Å². The molecule has 11 heteroatoms. The van der Waals surface area contributed by atoms with Crippen molar-refractivity contribution in [2.75, 3.05) is 36.5 Å². The highest BCUT2D eigenvalue weighted by atomic mass is 19.1. The van der Waals surface area contributed by atoms with E-state index in [2.05, 4.69) is 11.6 Å². The van der Waals surface area contributed by atoms with Gasteiger partial charge in [-0.05, 0) is 55.7 Å². The molecule has 2 aromatic carbocycles. The van der Waals surface area contributed by atoms with Crippen LogP contribution in [0.2, 0.25) is 0 Å². The summed E-state index contributed by atoms with van der Waals surface area (Å²) < 4.78 is 49.8. The standard InChI is InChI=1S/C34H34F3N5O3/c1-7-25(44)40-14-19(5)41-20(16-40)15-39(6)33-32(41)21-13-23(36)27(26-22(35)9-8-10-24(26)43)28(37)31(21)42(34(33)45)30-18(4)11-12-38-29(30)17(2)3/h7-13,17,19-20,43H,1,14-16H2,2-6H3. The molecule has 2 atom stereocenters. The molecule has 45 heavy (non-hydrogen) atoms. The first-order valence-electron chi connectivity index (χ1n) is 14.8. The van der Waals surface area contributed by atoms with Crippen molar-refractivity contribution in [3.63, 3.8) is 0 Å². The van der Waals surface area contributed by atoms with Gasteiger partial charge in [0.15, 0.2) is 5.82 Å². The van der Waals surface area contributed by atoms with Crippen LogP contribution in [0.5, 0.6) is 5.75 Å². The summed E-state index contributed by atoms with van der Waals surface area (Å²) >= 11 is 0.